The molecule has 6 heteroatoms. The summed E-state index contributed by atoms with van der Waals surface area (Å²) in [4.78, 5) is 16.7. The van der Waals surface area contributed by atoms with Crippen LogP contribution >= 0.6 is 11.6 Å². The van der Waals surface area contributed by atoms with E-state index in [-0.39, 0.29) is 5.91 Å². The smallest absolute Gasteiger partial charge is 0.254 e. The molecule has 1 aliphatic heterocycles. The molecule has 0 bridgehead atoms. The molecular weight excluding hydrogens is 338 g/mol. The second-order valence-electron chi connectivity index (χ2n) is 6.02. The van der Waals surface area contributed by atoms with Crippen molar-refractivity contribution in [3.05, 3.63) is 64.7 Å². The maximum atomic E-state index is 12.6. The van der Waals surface area contributed by atoms with Gasteiger partial charge in [0.2, 0.25) is 0 Å². The molecule has 0 atom stereocenters. The molecule has 1 aliphatic rings. The van der Waals surface area contributed by atoms with Gasteiger partial charge in [0.25, 0.3) is 5.91 Å². The summed E-state index contributed by atoms with van der Waals surface area (Å²) >= 11 is 5.97. The molecular formula is C19H20ClN3O2. The normalized spacial score (nSPS) is 15.4. The van der Waals surface area contributed by atoms with Crippen LogP contribution in [-0.4, -0.2) is 47.9 Å². The van der Waals surface area contributed by atoms with Gasteiger partial charge in [-0.3, -0.25) is 4.79 Å². The summed E-state index contributed by atoms with van der Waals surface area (Å²) in [7, 11) is 0. The highest BCUT2D eigenvalue weighted by atomic mass is 35.5. The summed E-state index contributed by atoms with van der Waals surface area (Å²) in [6.07, 6.45) is 0. The third kappa shape index (κ3) is 3.94. The van der Waals surface area contributed by atoms with Crippen molar-refractivity contribution < 1.29 is 10.0 Å². The predicted octanol–water partition coefficient (Wildman–Crippen LogP) is 3.50. The summed E-state index contributed by atoms with van der Waals surface area (Å²) in [6, 6.07) is 15.0. The Morgan fingerprint density at radius 3 is 2.32 bits per heavy atom. The fourth-order valence-corrected chi connectivity index (χ4v) is 3.13. The third-order valence-electron chi connectivity index (χ3n) is 4.44. The van der Waals surface area contributed by atoms with Crippen LogP contribution in [-0.2, 0) is 0 Å². The van der Waals surface area contributed by atoms with E-state index in [1.807, 2.05) is 29.2 Å². The second-order valence-corrected chi connectivity index (χ2v) is 6.46. The van der Waals surface area contributed by atoms with Crippen LogP contribution in [0, 0.1) is 0 Å². The van der Waals surface area contributed by atoms with Gasteiger partial charge in [-0.05, 0) is 42.8 Å². The largest absolute Gasteiger partial charge is 0.411 e. The topological polar surface area (TPSA) is 56.1 Å². The lowest BCUT2D eigenvalue weighted by atomic mass is 10.1. The van der Waals surface area contributed by atoms with E-state index in [9.17, 15) is 4.79 Å². The van der Waals surface area contributed by atoms with E-state index in [0.717, 1.165) is 24.3 Å². The number of carbonyl (C=O) groups excluding carboxylic acids is 1. The van der Waals surface area contributed by atoms with Crippen molar-refractivity contribution in [3.63, 3.8) is 0 Å². The SMILES string of the molecule is C/C(=N\O)c1ccc(N2CCN(C(=O)c3cccc(Cl)c3)CC2)cc1. The van der Waals surface area contributed by atoms with Crippen LogP contribution in [0.4, 0.5) is 5.69 Å². The number of halogens is 1. The molecule has 0 saturated carbocycles. The summed E-state index contributed by atoms with van der Waals surface area (Å²) in [6.45, 7) is 4.65. The lowest BCUT2D eigenvalue weighted by molar-refractivity contribution is 0.0747. The molecule has 25 heavy (non-hydrogen) atoms. The van der Waals surface area contributed by atoms with Crippen molar-refractivity contribution in [1.29, 1.82) is 0 Å². The van der Waals surface area contributed by atoms with E-state index in [1.165, 1.54) is 0 Å². The molecule has 0 spiro atoms. The monoisotopic (exact) mass is 357 g/mol. The van der Waals surface area contributed by atoms with Crippen LogP contribution in [0.3, 0.4) is 0 Å². The number of carbonyl (C=O) groups is 1. The van der Waals surface area contributed by atoms with Crippen LogP contribution in [0.1, 0.15) is 22.8 Å². The van der Waals surface area contributed by atoms with E-state index < -0.39 is 0 Å². The van der Waals surface area contributed by atoms with Gasteiger partial charge in [-0.1, -0.05) is 35.0 Å². The molecule has 1 heterocycles. The molecule has 130 valence electrons. The van der Waals surface area contributed by atoms with Crippen LogP contribution in [0.5, 0.6) is 0 Å². The molecule has 5 nitrogen and oxygen atoms in total. The summed E-state index contributed by atoms with van der Waals surface area (Å²) in [5.74, 6) is 0.0206. The molecule has 1 amide bonds. The summed E-state index contributed by atoms with van der Waals surface area (Å²) < 4.78 is 0. The number of nitrogens with zero attached hydrogens (tertiary/aromatic N) is 3. The van der Waals surface area contributed by atoms with E-state index in [4.69, 9.17) is 16.8 Å². The Morgan fingerprint density at radius 1 is 1.04 bits per heavy atom. The average Bonchev–Trinajstić information content (AvgIpc) is 2.67. The number of rotatable bonds is 3. The zero-order valence-corrected chi connectivity index (χ0v) is 14.8. The second kappa shape index (κ2) is 7.57. The van der Waals surface area contributed by atoms with Gasteiger partial charge in [0.15, 0.2) is 0 Å². The lowest BCUT2D eigenvalue weighted by Gasteiger charge is -2.36. The third-order valence-corrected chi connectivity index (χ3v) is 4.67. The van der Waals surface area contributed by atoms with Crippen molar-refractivity contribution in [1.82, 2.24) is 4.90 Å². The maximum absolute atomic E-state index is 12.6. The van der Waals surface area contributed by atoms with Crippen molar-refractivity contribution in [3.8, 4) is 0 Å². The Labute approximate surface area is 152 Å². The van der Waals surface area contributed by atoms with Gasteiger partial charge in [-0.25, -0.2) is 0 Å². The average molecular weight is 358 g/mol. The van der Waals surface area contributed by atoms with E-state index >= 15 is 0 Å². The van der Waals surface area contributed by atoms with Crippen LogP contribution in [0.2, 0.25) is 5.02 Å². The van der Waals surface area contributed by atoms with Gasteiger partial charge >= 0.3 is 0 Å². The first-order valence-electron chi connectivity index (χ1n) is 8.17. The Morgan fingerprint density at radius 2 is 1.72 bits per heavy atom. The van der Waals surface area contributed by atoms with Gasteiger partial charge in [0.1, 0.15) is 0 Å². The first kappa shape index (κ1) is 17.3. The zero-order valence-electron chi connectivity index (χ0n) is 14.0. The Balaban J connectivity index is 1.63. The molecule has 1 fully saturated rings. The first-order chi connectivity index (χ1) is 12.1. The molecule has 1 N–H and O–H groups in total. The number of benzene rings is 2. The molecule has 2 aromatic carbocycles. The lowest BCUT2D eigenvalue weighted by Crippen LogP contribution is -2.48. The van der Waals surface area contributed by atoms with Crippen molar-refractivity contribution >= 4 is 28.9 Å². The zero-order chi connectivity index (χ0) is 17.8. The predicted molar refractivity (Wildman–Crippen MR) is 100 cm³/mol. The van der Waals surface area contributed by atoms with Crippen molar-refractivity contribution in [2.75, 3.05) is 31.1 Å². The fraction of sp³-hybridized carbons (Fsp3) is 0.263. The summed E-state index contributed by atoms with van der Waals surface area (Å²) in [5.41, 5.74) is 3.21. The van der Waals surface area contributed by atoms with Gasteiger partial charge < -0.3 is 15.0 Å². The fourth-order valence-electron chi connectivity index (χ4n) is 2.94. The quantitative estimate of drug-likeness (QED) is 0.519. The number of amides is 1. The molecule has 0 aromatic heterocycles. The number of oxime groups is 1. The molecule has 1 saturated heterocycles. The van der Waals surface area contributed by atoms with Crippen LogP contribution in [0.25, 0.3) is 0 Å². The molecule has 0 radical (unpaired) electrons. The van der Waals surface area contributed by atoms with E-state index in [1.54, 1.807) is 31.2 Å². The maximum Gasteiger partial charge on any atom is 0.254 e. The van der Waals surface area contributed by atoms with Gasteiger partial charge in [-0.15, -0.1) is 0 Å². The number of piperazine rings is 1. The van der Waals surface area contributed by atoms with Gasteiger partial charge in [0.05, 0.1) is 5.71 Å². The number of anilines is 1. The molecule has 0 unspecified atom stereocenters. The Bertz CT molecular complexity index is 782. The Hall–Kier alpha value is -2.53. The van der Waals surface area contributed by atoms with Crippen molar-refractivity contribution in [2.45, 2.75) is 6.92 Å². The minimum Gasteiger partial charge on any atom is -0.411 e. The highest BCUT2D eigenvalue weighted by Crippen LogP contribution is 2.19. The first-order valence-corrected chi connectivity index (χ1v) is 8.55. The number of hydrogen-bond acceptors (Lipinski definition) is 4. The van der Waals surface area contributed by atoms with Gasteiger partial charge in [-0.2, -0.15) is 0 Å². The highest BCUT2D eigenvalue weighted by Gasteiger charge is 2.22. The number of hydrogen-bond donors (Lipinski definition) is 1. The molecule has 0 aliphatic carbocycles. The Kier molecular flexibility index (Phi) is 5.24. The van der Waals surface area contributed by atoms with Crippen LogP contribution in [0.15, 0.2) is 53.7 Å². The summed E-state index contributed by atoms with van der Waals surface area (Å²) in [5, 5.41) is 12.6. The molecule has 3 rings (SSSR count). The molecule has 2 aromatic rings. The standard InChI is InChI=1S/C19H20ClN3O2/c1-14(21-25)15-5-7-18(8-6-15)22-9-11-23(12-10-22)19(24)16-3-2-4-17(20)13-16/h2-8,13,25H,9-12H2,1H3/b21-14+. The van der Waals surface area contributed by atoms with Crippen LogP contribution < -0.4 is 4.90 Å². The highest BCUT2D eigenvalue weighted by molar-refractivity contribution is 6.30. The van der Waals surface area contributed by atoms with Gasteiger partial charge in [0, 0.05) is 42.5 Å². The minimum atomic E-state index is 0.0206. The minimum absolute atomic E-state index is 0.0206. The van der Waals surface area contributed by atoms with E-state index in [2.05, 4.69) is 10.1 Å². The van der Waals surface area contributed by atoms with Crippen molar-refractivity contribution in [2.24, 2.45) is 5.16 Å². The van der Waals surface area contributed by atoms with E-state index in [0.29, 0.717) is 29.4 Å².